The van der Waals surface area contributed by atoms with Gasteiger partial charge in [0.05, 0.1) is 17.2 Å². The van der Waals surface area contributed by atoms with E-state index in [9.17, 15) is 18.3 Å². The number of ether oxygens (including phenoxy) is 2. The lowest BCUT2D eigenvalue weighted by Gasteiger charge is -2.32. The van der Waals surface area contributed by atoms with Crippen LogP contribution < -0.4 is 4.74 Å². The molecule has 0 saturated carbocycles. The topological polar surface area (TPSA) is 103 Å². The molecule has 0 radical (unpaired) electrons. The smallest absolute Gasteiger partial charge is 0.325 e. The fourth-order valence-corrected chi connectivity index (χ4v) is 5.83. The van der Waals surface area contributed by atoms with Gasteiger partial charge >= 0.3 is 5.97 Å². The van der Waals surface area contributed by atoms with E-state index < -0.39 is 20.6 Å². The van der Waals surface area contributed by atoms with Crippen LogP contribution in [0.15, 0.2) is 77.8 Å². The standard InChI is InChI=1S/C25H25NO6S/c27-24(28)25(12-16-31-17-13-25)33(29,30)22-9-7-21(8-10-22)32-15-11-19-4-3-5-20(18-19)23-6-1-2-14-26-23/h1-10,14,18H,11-13,15-17H2,(H,27,28). The van der Waals surface area contributed by atoms with Gasteiger partial charge in [0.25, 0.3) is 0 Å². The highest BCUT2D eigenvalue weighted by Crippen LogP contribution is 2.35. The molecule has 172 valence electrons. The third-order valence-electron chi connectivity index (χ3n) is 5.89. The Bertz CT molecular complexity index is 1200. The Labute approximate surface area is 192 Å². The van der Waals surface area contributed by atoms with Gasteiger partial charge in [0.15, 0.2) is 14.6 Å². The highest BCUT2D eigenvalue weighted by molar-refractivity contribution is 7.93. The number of carboxylic acid groups (broad SMARTS) is 1. The third-order valence-corrected chi connectivity index (χ3v) is 8.39. The van der Waals surface area contributed by atoms with Crippen molar-refractivity contribution in [1.29, 1.82) is 0 Å². The molecular weight excluding hydrogens is 442 g/mol. The summed E-state index contributed by atoms with van der Waals surface area (Å²) in [5.41, 5.74) is 3.03. The van der Waals surface area contributed by atoms with Gasteiger partial charge in [-0.05, 0) is 48.0 Å². The molecule has 3 aromatic rings. The molecule has 0 bridgehead atoms. The van der Waals surface area contributed by atoms with E-state index in [-0.39, 0.29) is 31.0 Å². The molecule has 1 N–H and O–H groups in total. The number of benzene rings is 2. The first kappa shape index (κ1) is 22.9. The molecule has 7 nitrogen and oxygen atoms in total. The average Bonchev–Trinajstić information content (AvgIpc) is 2.85. The van der Waals surface area contributed by atoms with Gasteiger partial charge in [-0.25, -0.2) is 8.42 Å². The molecule has 2 aromatic carbocycles. The van der Waals surface area contributed by atoms with Gasteiger partial charge in [-0.2, -0.15) is 0 Å². The molecule has 33 heavy (non-hydrogen) atoms. The first-order valence-corrected chi connectivity index (χ1v) is 12.2. The number of carbonyl (C=O) groups is 1. The van der Waals surface area contributed by atoms with E-state index in [2.05, 4.69) is 11.1 Å². The van der Waals surface area contributed by atoms with E-state index >= 15 is 0 Å². The van der Waals surface area contributed by atoms with Crippen molar-refractivity contribution in [3.63, 3.8) is 0 Å². The Morgan fingerprint density at radius 2 is 1.79 bits per heavy atom. The first-order valence-electron chi connectivity index (χ1n) is 10.7. The van der Waals surface area contributed by atoms with Crippen LogP contribution in [-0.2, 0) is 25.8 Å². The molecule has 1 saturated heterocycles. The predicted molar refractivity (Wildman–Crippen MR) is 123 cm³/mol. The maximum absolute atomic E-state index is 13.1. The van der Waals surface area contributed by atoms with Crippen LogP contribution in [-0.4, -0.2) is 49.0 Å². The molecule has 2 heterocycles. The van der Waals surface area contributed by atoms with Crippen molar-refractivity contribution in [2.45, 2.75) is 28.9 Å². The van der Waals surface area contributed by atoms with E-state index in [1.165, 1.54) is 12.1 Å². The Balaban J connectivity index is 1.41. The molecule has 0 atom stereocenters. The van der Waals surface area contributed by atoms with Gasteiger partial charge in [0, 0.05) is 44.2 Å². The monoisotopic (exact) mass is 467 g/mol. The Hall–Kier alpha value is -3.23. The van der Waals surface area contributed by atoms with Gasteiger partial charge in [-0.15, -0.1) is 0 Å². The number of sulfone groups is 1. The number of hydrogen-bond donors (Lipinski definition) is 1. The number of aromatic nitrogens is 1. The highest BCUT2D eigenvalue weighted by Gasteiger charge is 2.52. The molecule has 1 aromatic heterocycles. The molecule has 0 spiro atoms. The Morgan fingerprint density at radius 1 is 1.03 bits per heavy atom. The molecule has 1 aliphatic heterocycles. The summed E-state index contributed by atoms with van der Waals surface area (Å²) in [5, 5.41) is 9.69. The molecule has 0 aliphatic carbocycles. The Kier molecular flexibility index (Phi) is 6.76. The van der Waals surface area contributed by atoms with Gasteiger partial charge in [0.2, 0.25) is 0 Å². The van der Waals surface area contributed by atoms with Gasteiger partial charge in [0.1, 0.15) is 5.75 Å². The van der Waals surface area contributed by atoms with Gasteiger partial charge < -0.3 is 14.6 Å². The summed E-state index contributed by atoms with van der Waals surface area (Å²) in [5.74, 6) is -0.815. The van der Waals surface area contributed by atoms with E-state index in [0.29, 0.717) is 18.8 Å². The quantitative estimate of drug-likeness (QED) is 0.538. The Morgan fingerprint density at radius 3 is 2.45 bits per heavy atom. The van der Waals surface area contributed by atoms with Crippen molar-refractivity contribution in [3.05, 3.63) is 78.5 Å². The van der Waals surface area contributed by atoms with Crippen LogP contribution in [0, 0.1) is 0 Å². The number of nitrogens with zero attached hydrogens (tertiary/aromatic N) is 1. The zero-order valence-corrected chi connectivity index (χ0v) is 18.8. The average molecular weight is 468 g/mol. The van der Waals surface area contributed by atoms with Gasteiger partial charge in [-0.1, -0.05) is 24.3 Å². The van der Waals surface area contributed by atoms with Crippen LogP contribution >= 0.6 is 0 Å². The summed E-state index contributed by atoms with van der Waals surface area (Å²) < 4.78 is 35.4. The van der Waals surface area contributed by atoms with Crippen LogP contribution in [0.1, 0.15) is 18.4 Å². The summed E-state index contributed by atoms with van der Waals surface area (Å²) in [7, 11) is -4.08. The fourth-order valence-electron chi connectivity index (χ4n) is 3.95. The van der Waals surface area contributed by atoms with Crippen LogP contribution in [0.4, 0.5) is 0 Å². The van der Waals surface area contributed by atoms with E-state index in [1.54, 1.807) is 18.3 Å². The molecule has 0 unspecified atom stereocenters. The maximum Gasteiger partial charge on any atom is 0.325 e. The van der Waals surface area contributed by atoms with Crippen molar-refractivity contribution < 1.29 is 27.8 Å². The minimum Gasteiger partial charge on any atom is -0.493 e. The predicted octanol–water partition coefficient (Wildman–Crippen LogP) is 3.78. The number of carboxylic acids is 1. The summed E-state index contributed by atoms with van der Waals surface area (Å²) in [6.07, 6.45) is 2.29. The second-order valence-corrected chi connectivity index (χ2v) is 10.2. The van der Waals surface area contributed by atoms with Crippen molar-refractivity contribution in [1.82, 2.24) is 4.98 Å². The lowest BCUT2D eigenvalue weighted by atomic mass is 9.99. The molecule has 0 amide bonds. The number of hydrogen-bond acceptors (Lipinski definition) is 6. The van der Waals surface area contributed by atoms with Crippen molar-refractivity contribution in [2.24, 2.45) is 0 Å². The largest absolute Gasteiger partial charge is 0.493 e. The lowest BCUT2D eigenvalue weighted by Crippen LogP contribution is -2.50. The molecule has 1 aliphatic rings. The summed E-state index contributed by atoms with van der Waals surface area (Å²) in [6.45, 7) is 0.622. The molecule has 8 heteroatoms. The summed E-state index contributed by atoms with van der Waals surface area (Å²) in [4.78, 5) is 16.2. The number of pyridine rings is 1. The molecule has 1 fully saturated rings. The minimum absolute atomic E-state index is 0.0257. The van der Waals surface area contributed by atoms with Crippen molar-refractivity contribution >= 4 is 15.8 Å². The molecule has 4 rings (SSSR count). The lowest BCUT2D eigenvalue weighted by molar-refractivity contribution is -0.142. The number of aliphatic carboxylic acids is 1. The first-order chi connectivity index (χ1) is 15.9. The van der Waals surface area contributed by atoms with Crippen LogP contribution in [0.2, 0.25) is 0 Å². The SMILES string of the molecule is O=C(O)C1(S(=O)(=O)c2ccc(OCCc3cccc(-c4ccccn4)c3)cc2)CCOCC1. The van der Waals surface area contributed by atoms with E-state index in [1.807, 2.05) is 36.4 Å². The summed E-state index contributed by atoms with van der Waals surface area (Å²) in [6, 6.07) is 19.8. The van der Waals surface area contributed by atoms with E-state index in [4.69, 9.17) is 9.47 Å². The van der Waals surface area contributed by atoms with E-state index in [0.717, 1.165) is 16.8 Å². The second-order valence-electron chi connectivity index (χ2n) is 7.90. The highest BCUT2D eigenvalue weighted by atomic mass is 32.2. The second kappa shape index (κ2) is 9.72. The van der Waals surface area contributed by atoms with Gasteiger partial charge in [-0.3, -0.25) is 9.78 Å². The number of rotatable bonds is 8. The van der Waals surface area contributed by atoms with Crippen molar-refractivity contribution in [2.75, 3.05) is 19.8 Å². The zero-order chi connectivity index (χ0) is 23.3. The van der Waals surface area contributed by atoms with Crippen LogP contribution in [0.25, 0.3) is 11.3 Å². The minimum atomic E-state index is -4.08. The third kappa shape index (κ3) is 4.77. The van der Waals surface area contributed by atoms with Crippen LogP contribution in [0.3, 0.4) is 0 Å². The zero-order valence-electron chi connectivity index (χ0n) is 18.0. The van der Waals surface area contributed by atoms with Crippen molar-refractivity contribution in [3.8, 4) is 17.0 Å². The molecular formula is C25H25NO6S. The maximum atomic E-state index is 13.1. The fraction of sp³-hybridized carbons (Fsp3) is 0.280. The summed E-state index contributed by atoms with van der Waals surface area (Å²) >= 11 is 0. The normalized spacial score (nSPS) is 15.6. The van der Waals surface area contributed by atoms with Crippen LogP contribution in [0.5, 0.6) is 5.75 Å².